The minimum Gasteiger partial charge on any atom is -0.399 e. The van der Waals surface area contributed by atoms with Gasteiger partial charge in [0.25, 0.3) is 0 Å². The fourth-order valence-electron chi connectivity index (χ4n) is 2.77. The van der Waals surface area contributed by atoms with Crippen LogP contribution in [0, 0.1) is 0 Å². The summed E-state index contributed by atoms with van der Waals surface area (Å²) in [5.41, 5.74) is 9.76. The highest BCUT2D eigenvalue weighted by Gasteiger charge is 2.21. The highest BCUT2D eigenvalue weighted by Crippen LogP contribution is 2.27. The van der Waals surface area contributed by atoms with Crippen LogP contribution in [0.15, 0.2) is 48.5 Å². The molecule has 1 heterocycles. The molecule has 1 amide bonds. The van der Waals surface area contributed by atoms with Crippen molar-refractivity contribution in [2.24, 2.45) is 0 Å². The zero-order valence-electron chi connectivity index (χ0n) is 11.4. The molecule has 0 atom stereocenters. The molecule has 0 aliphatic carbocycles. The summed E-state index contributed by atoms with van der Waals surface area (Å²) in [6.07, 6.45) is 2.48. The van der Waals surface area contributed by atoms with Crippen LogP contribution in [-0.2, 0) is 17.6 Å². The average molecular weight is 266 g/mol. The molecule has 0 aromatic heterocycles. The highest BCUT2D eigenvalue weighted by molar-refractivity contribution is 5.96. The van der Waals surface area contributed by atoms with Crippen LogP contribution in [0.3, 0.4) is 0 Å². The molecule has 102 valence electrons. The van der Waals surface area contributed by atoms with Crippen molar-refractivity contribution in [1.82, 2.24) is 0 Å². The number of benzene rings is 2. The summed E-state index contributed by atoms with van der Waals surface area (Å²) in [6.45, 7) is 0.804. The van der Waals surface area contributed by atoms with Crippen LogP contribution in [0.5, 0.6) is 0 Å². The Hall–Kier alpha value is -2.29. The lowest BCUT2D eigenvalue weighted by atomic mass is 10.0. The van der Waals surface area contributed by atoms with Gasteiger partial charge in [-0.1, -0.05) is 30.3 Å². The second-order valence-corrected chi connectivity index (χ2v) is 5.20. The van der Waals surface area contributed by atoms with Crippen LogP contribution < -0.4 is 10.6 Å². The number of anilines is 2. The molecule has 0 saturated heterocycles. The number of rotatable bonds is 2. The molecule has 0 spiro atoms. The molecule has 3 nitrogen and oxygen atoms in total. The van der Waals surface area contributed by atoms with Crippen LogP contribution in [0.2, 0.25) is 0 Å². The maximum Gasteiger partial charge on any atom is 0.231 e. The fourth-order valence-corrected chi connectivity index (χ4v) is 2.77. The Balaban J connectivity index is 1.82. The molecule has 3 rings (SSSR count). The number of para-hydroxylation sites is 1. The molecule has 0 unspecified atom stereocenters. The largest absolute Gasteiger partial charge is 0.399 e. The normalized spacial score (nSPS) is 13.9. The van der Waals surface area contributed by atoms with Crippen molar-refractivity contribution in [3.05, 3.63) is 59.7 Å². The first-order valence-corrected chi connectivity index (χ1v) is 6.97. The first-order valence-electron chi connectivity index (χ1n) is 6.97. The van der Waals surface area contributed by atoms with Gasteiger partial charge < -0.3 is 10.6 Å². The number of amides is 1. The molecule has 0 saturated carbocycles. The van der Waals surface area contributed by atoms with Crippen molar-refractivity contribution in [2.45, 2.75) is 19.3 Å². The molecule has 0 bridgehead atoms. The number of hydrogen-bond donors (Lipinski definition) is 1. The van der Waals surface area contributed by atoms with E-state index < -0.39 is 0 Å². The Morgan fingerprint density at radius 2 is 2.00 bits per heavy atom. The first kappa shape index (κ1) is 12.7. The van der Waals surface area contributed by atoms with E-state index in [1.165, 1.54) is 5.56 Å². The molecule has 0 fully saturated rings. The minimum atomic E-state index is 0.141. The van der Waals surface area contributed by atoms with Gasteiger partial charge in [-0.05, 0) is 42.2 Å². The molecule has 0 radical (unpaired) electrons. The van der Waals surface area contributed by atoms with Gasteiger partial charge in [-0.25, -0.2) is 0 Å². The van der Waals surface area contributed by atoms with E-state index >= 15 is 0 Å². The lowest BCUT2D eigenvalue weighted by Gasteiger charge is -2.29. The van der Waals surface area contributed by atoms with E-state index in [9.17, 15) is 4.79 Å². The van der Waals surface area contributed by atoms with Crippen LogP contribution >= 0.6 is 0 Å². The quantitative estimate of drug-likeness (QED) is 0.850. The molecule has 2 aromatic carbocycles. The zero-order valence-corrected chi connectivity index (χ0v) is 11.4. The minimum absolute atomic E-state index is 0.141. The number of nitrogen functional groups attached to an aromatic ring is 1. The van der Waals surface area contributed by atoms with Crippen LogP contribution in [0.1, 0.15) is 17.5 Å². The van der Waals surface area contributed by atoms with Gasteiger partial charge in [0.1, 0.15) is 0 Å². The van der Waals surface area contributed by atoms with Crippen molar-refractivity contribution >= 4 is 17.3 Å². The molecule has 20 heavy (non-hydrogen) atoms. The van der Waals surface area contributed by atoms with Gasteiger partial charge >= 0.3 is 0 Å². The Kier molecular flexibility index (Phi) is 3.42. The molecular weight excluding hydrogens is 248 g/mol. The van der Waals surface area contributed by atoms with Crippen molar-refractivity contribution in [2.75, 3.05) is 17.2 Å². The van der Waals surface area contributed by atoms with E-state index in [4.69, 9.17) is 5.73 Å². The van der Waals surface area contributed by atoms with Gasteiger partial charge in [-0.3, -0.25) is 4.79 Å². The number of carbonyl (C=O) groups excluding carboxylic acids is 1. The molecule has 1 aliphatic rings. The Morgan fingerprint density at radius 1 is 1.15 bits per heavy atom. The topological polar surface area (TPSA) is 46.3 Å². The van der Waals surface area contributed by atoms with Crippen molar-refractivity contribution in [3.63, 3.8) is 0 Å². The van der Waals surface area contributed by atoms with E-state index in [2.05, 4.69) is 6.07 Å². The van der Waals surface area contributed by atoms with Crippen molar-refractivity contribution < 1.29 is 4.79 Å². The third-order valence-electron chi connectivity index (χ3n) is 3.72. The van der Waals surface area contributed by atoms with E-state index in [1.54, 1.807) is 0 Å². The smallest absolute Gasteiger partial charge is 0.231 e. The lowest BCUT2D eigenvalue weighted by molar-refractivity contribution is -0.118. The van der Waals surface area contributed by atoms with Crippen LogP contribution in [-0.4, -0.2) is 12.5 Å². The average Bonchev–Trinajstić information content (AvgIpc) is 2.46. The van der Waals surface area contributed by atoms with Gasteiger partial charge in [0.2, 0.25) is 5.91 Å². The number of hydrogen-bond acceptors (Lipinski definition) is 2. The maximum absolute atomic E-state index is 12.5. The number of carbonyl (C=O) groups is 1. The maximum atomic E-state index is 12.5. The molecule has 2 aromatic rings. The number of fused-ring (bicyclic) bond motifs is 1. The summed E-state index contributed by atoms with van der Waals surface area (Å²) < 4.78 is 0. The highest BCUT2D eigenvalue weighted by atomic mass is 16.2. The number of nitrogens with zero attached hydrogens (tertiary/aromatic N) is 1. The van der Waals surface area contributed by atoms with Gasteiger partial charge in [0.15, 0.2) is 0 Å². The molecule has 1 aliphatic heterocycles. The van der Waals surface area contributed by atoms with Crippen molar-refractivity contribution in [1.29, 1.82) is 0 Å². The Bertz CT molecular complexity index is 636. The van der Waals surface area contributed by atoms with Crippen LogP contribution in [0.4, 0.5) is 11.4 Å². The summed E-state index contributed by atoms with van der Waals surface area (Å²) in [5, 5.41) is 0. The van der Waals surface area contributed by atoms with Gasteiger partial charge in [-0.15, -0.1) is 0 Å². The summed E-state index contributed by atoms with van der Waals surface area (Å²) in [5.74, 6) is 0.141. The standard InChI is InChI=1S/C17H18N2O/c18-15-8-3-5-13(11-15)12-17(20)19-10-4-7-14-6-1-2-9-16(14)19/h1-3,5-6,8-9,11H,4,7,10,12,18H2. The Morgan fingerprint density at radius 3 is 2.85 bits per heavy atom. The fraction of sp³-hybridized carbons (Fsp3) is 0.235. The summed E-state index contributed by atoms with van der Waals surface area (Å²) >= 11 is 0. The Labute approximate surface area is 119 Å². The van der Waals surface area contributed by atoms with E-state index in [1.807, 2.05) is 47.4 Å². The van der Waals surface area contributed by atoms with Crippen molar-refractivity contribution in [3.8, 4) is 0 Å². The van der Waals surface area contributed by atoms with E-state index in [-0.39, 0.29) is 5.91 Å². The monoisotopic (exact) mass is 266 g/mol. The molecule has 2 N–H and O–H groups in total. The second kappa shape index (κ2) is 5.37. The number of nitrogens with two attached hydrogens (primary N) is 1. The summed E-state index contributed by atoms with van der Waals surface area (Å²) in [4.78, 5) is 14.4. The predicted molar refractivity (Wildman–Crippen MR) is 81.7 cm³/mol. The predicted octanol–water partition coefficient (Wildman–Crippen LogP) is 2.79. The van der Waals surface area contributed by atoms with Gasteiger partial charge in [0, 0.05) is 17.9 Å². The molecule has 3 heteroatoms. The lowest BCUT2D eigenvalue weighted by Crippen LogP contribution is -2.36. The summed E-state index contributed by atoms with van der Waals surface area (Å²) in [7, 11) is 0. The zero-order chi connectivity index (χ0) is 13.9. The third kappa shape index (κ3) is 2.52. The van der Waals surface area contributed by atoms with Crippen LogP contribution in [0.25, 0.3) is 0 Å². The summed E-state index contributed by atoms with van der Waals surface area (Å²) in [6, 6.07) is 15.7. The number of aryl methyl sites for hydroxylation is 1. The SMILES string of the molecule is Nc1cccc(CC(=O)N2CCCc3ccccc32)c1. The van der Waals surface area contributed by atoms with Gasteiger partial charge in [-0.2, -0.15) is 0 Å². The van der Waals surface area contributed by atoms with E-state index in [0.29, 0.717) is 12.1 Å². The second-order valence-electron chi connectivity index (χ2n) is 5.20. The molecular formula is C17H18N2O. The third-order valence-corrected chi connectivity index (χ3v) is 3.72. The van der Waals surface area contributed by atoms with Gasteiger partial charge in [0.05, 0.1) is 6.42 Å². The van der Waals surface area contributed by atoms with E-state index in [0.717, 1.165) is 30.6 Å². The first-order chi connectivity index (χ1) is 9.74.